The average Bonchev–Trinajstić information content (AvgIpc) is 3.24. The molecule has 2 heterocycles. The number of aromatic nitrogens is 1. The average molecular weight is 561 g/mol. The van der Waals surface area contributed by atoms with E-state index in [4.69, 9.17) is 0 Å². The lowest BCUT2D eigenvalue weighted by atomic mass is 10.1. The number of aliphatic imine (C=N–C) groups is 1. The topological polar surface area (TPSA) is 86.7 Å². The van der Waals surface area contributed by atoms with Crippen LogP contribution in [-0.4, -0.2) is 45.8 Å². The molecule has 2 N–H and O–H groups in total. The van der Waals surface area contributed by atoms with Crippen LogP contribution in [0.4, 0.5) is 10.2 Å². The summed E-state index contributed by atoms with van der Waals surface area (Å²) in [7, 11) is -1.57. The van der Waals surface area contributed by atoms with Gasteiger partial charge in [-0.05, 0) is 53.8 Å². The van der Waals surface area contributed by atoms with E-state index in [1.807, 2.05) is 12.3 Å². The Kier molecular flexibility index (Phi) is 9.48. The van der Waals surface area contributed by atoms with Crippen molar-refractivity contribution in [1.29, 1.82) is 0 Å². The first kappa shape index (κ1) is 25.3. The molecule has 2 aromatic rings. The normalized spacial score (nSPS) is 14.3. The molecule has 0 aliphatic carbocycles. The zero-order valence-corrected chi connectivity index (χ0v) is 20.9. The van der Waals surface area contributed by atoms with Crippen LogP contribution < -0.4 is 15.5 Å². The minimum atomic E-state index is -3.22. The molecule has 1 fully saturated rings. The van der Waals surface area contributed by atoms with Gasteiger partial charge in [-0.25, -0.2) is 17.8 Å². The molecule has 0 spiro atoms. The van der Waals surface area contributed by atoms with Crippen LogP contribution in [0.1, 0.15) is 29.5 Å². The predicted octanol–water partition coefficient (Wildman–Crippen LogP) is 2.85. The highest BCUT2D eigenvalue weighted by Crippen LogP contribution is 2.18. The number of nitrogens with zero attached hydrogens (tertiary/aromatic N) is 3. The Morgan fingerprint density at radius 1 is 1.13 bits per heavy atom. The summed E-state index contributed by atoms with van der Waals surface area (Å²) in [4.78, 5) is 10.9. The van der Waals surface area contributed by atoms with E-state index >= 15 is 0 Å². The molecule has 0 bridgehead atoms. The van der Waals surface area contributed by atoms with E-state index in [9.17, 15) is 12.8 Å². The second kappa shape index (κ2) is 11.6. The number of hydrogen-bond donors (Lipinski definition) is 2. The molecule has 0 unspecified atom stereocenters. The Hall–Kier alpha value is -1.95. The monoisotopic (exact) mass is 561 g/mol. The number of pyridine rings is 1. The van der Waals surface area contributed by atoms with Crippen molar-refractivity contribution < 1.29 is 12.8 Å². The minimum Gasteiger partial charge on any atom is -0.357 e. The maximum atomic E-state index is 13.7. The van der Waals surface area contributed by atoms with Crippen LogP contribution in [0.3, 0.4) is 0 Å². The van der Waals surface area contributed by atoms with Gasteiger partial charge in [0.05, 0.1) is 5.75 Å². The van der Waals surface area contributed by atoms with Crippen molar-refractivity contribution in [3.63, 3.8) is 0 Å². The minimum absolute atomic E-state index is 0. The maximum absolute atomic E-state index is 13.7. The van der Waals surface area contributed by atoms with Gasteiger partial charge in [-0.1, -0.05) is 6.07 Å². The SMILES string of the molecule is CN=C(NCc1ccnc(N2CCCC2)c1)NCc1cc(F)ccc1CS(C)(=O)=O.I. The maximum Gasteiger partial charge on any atom is 0.191 e. The summed E-state index contributed by atoms with van der Waals surface area (Å²) in [5.74, 6) is 0.995. The fourth-order valence-corrected chi connectivity index (χ4v) is 4.30. The lowest BCUT2D eigenvalue weighted by Gasteiger charge is -2.18. The quantitative estimate of drug-likeness (QED) is 0.307. The Morgan fingerprint density at radius 3 is 2.52 bits per heavy atom. The van der Waals surface area contributed by atoms with E-state index < -0.39 is 15.7 Å². The van der Waals surface area contributed by atoms with Gasteiger partial charge >= 0.3 is 0 Å². The van der Waals surface area contributed by atoms with Crippen LogP contribution in [0.2, 0.25) is 0 Å². The van der Waals surface area contributed by atoms with Gasteiger partial charge in [-0.15, -0.1) is 24.0 Å². The molecule has 3 rings (SSSR count). The predicted molar refractivity (Wildman–Crippen MR) is 133 cm³/mol. The number of guanidine groups is 1. The van der Waals surface area contributed by atoms with Gasteiger partial charge in [-0.2, -0.15) is 0 Å². The third kappa shape index (κ3) is 7.91. The second-order valence-electron chi connectivity index (χ2n) is 7.48. The molecule has 0 atom stereocenters. The zero-order valence-electron chi connectivity index (χ0n) is 17.8. The van der Waals surface area contributed by atoms with E-state index in [1.165, 1.54) is 37.3 Å². The fourth-order valence-electron chi connectivity index (χ4n) is 3.46. The summed E-state index contributed by atoms with van der Waals surface area (Å²) in [5.41, 5.74) is 2.24. The number of rotatable bonds is 7. The highest BCUT2D eigenvalue weighted by Gasteiger charge is 2.14. The molecular weight excluding hydrogens is 532 g/mol. The van der Waals surface area contributed by atoms with Crippen molar-refractivity contribution in [1.82, 2.24) is 15.6 Å². The first-order chi connectivity index (χ1) is 14.3. The van der Waals surface area contributed by atoms with Gasteiger partial charge in [0, 0.05) is 45.7 Å². The van der Waals surface area contributed by atoms with Gasteiger partial charge in [0.25, 0.3) is 0 Å². The summed E-state index contributed by atoms with van der Waals surface area (Å²) < 4.78 is 37.0. The van der Waals surface area contributed by atoms with Crippen molar-refractivity contribution in [2.75, 3.05) is 31.3 Å². The molecule has 31 heavy (non-hydrogen) atoms. The van der Waals surface area contributed by atoms with Gasteiger partial charge in [-0.3, -0.25) is 4.99 Å². The Labute approximate surface area is 200 Å². The number of nitrogens with one attached hydrogen (secondary N) is 2. The second-order valence-corrected chi connectivity index (χ2v) is 9.62. The Balaban J connectivity index is 0.00000341. The standard InChI is InChI=1S/C21H28FN5O2S.HI/c1-23-21(25-13-16-7-8-24-20(11-16)27-9-3-4-10-27)26-14-18-12-19(22)6-5-17(18)15-30(2,28)29;/h5-8,11-12H,3-4,9-10,13-15H2,1-2H3,(H2,23,25,26);1H. The lowest BCUT2D eigenvalue weighted by molar-refractivity contribution is 0.599. The van der Waals surface area contributed by atoms with Crippen molar-refractivity contribution in [3.8, 4) is 0 Å². The lowest BCUT2D eigenvalue weighted by Crippen LogP contribution is -2.36. The van der Waals surface area contributed by atoms with Crippen LogP contribution in [0.5, 0.6) is 0 Å². The molecule has 7 nitrogen and oxygen atoms in total. The van der Waals surface area contributed by atoms with Gasteiger partial charge in [0.1, 0.15) is 11.6 Å². The summed E-state index contributed by atoms with van der Waals surface area (Å²) in [6, 6.07) is 8.17. The largest absolute Gasteiger partial charge is 0.357 e. The van der Waals surface area contributed by atoms with Gasteiger partial charge in [0.15, 0.2) is 15.8 Å². The Bertz CT molecular complexity index is 1010. The van der Waals surface area contributed by atoms with Crippen molar-refractivity contribution in [2.24, 2.45) is 4.99 Å². The van der Waals surface area contributed by atoms with E-state index in [2.05, 4.69) is 31.6 Å². The molecule has 1 aromatic heterocycles. The number of halogens is 2. The molecule has 170 valence electrons. The number of benzene rings is 1. The summed E-state index contributed by atoms with van der Waals surface area (Å²) in [6.45, 7) is 2.90. The Morgan fingerprint density at radius 2 is 1.84 bits per heavy atom. The zero-order chi connectivity index (χ0) is 21.6. The summed E-state index contributed by atoms with van der Waals surface area (Å²) in [5, 5.41) is 6.37. The van der Waals surface area contributed by atoms with Gasteiger partial charge in [0.2, 0.25) is 0 Å². The third-order valence-electron chi connectivity index (χ3n) is 4.96. The molecule has 0 radical (unpaired) electrons. The van der Waals surface area contributed by atoms with Crippen molar-refractivity contribution in [3.05, 3.63) is 59.0 Å². The summed E-state index contributed by atoms with van der Waals surface area (Å²) in [6.07, 6.45) is 5.37. The molecule has 1 aliphatic heterocycles. The fraction of sp³-hybridized carbons (Fsp3) is 0.429. The highest BCUT2D eigenvalue weighted by atomic mass is 127. The van der Waals surface area contributed by atoms with Crippen molar-refractivity contribution >= 4 is 45.6 Å². The number of hydrogen-bond acceptors (Lipinski definition) is 5. The van der Waals surface area contributed by atoms with Crippen LogP contribution in [-0.2, 0) is 28.7 Å². The van der Waals surface area contributed by atoms with E-state index in [0.29, 0.717) is 23.6 Å². The molecule has 1 aromatic carbocycles. The summed E-state index contributed by atoms with van der Waals surface area (Å²) >= 11 is 0. The molecule has 1 saturated heterocycles. The molecule has 0 saturated carbocycles. The van der Waals surface area contributed by atoms with Crippen LogP contribution in [0, 0.1) is 5.82 Å². The highest BCUT2D eigenvalue weighted by molar-refractivity contribution is 14.0. The third-order valence-corrected chi connectivity index (χ3v) is 5.79. The van der Waals surface area contributed by atoms with Crippen LogP contribution in [0.15, 0.2) is 41.5 Å². The van der Waals surface area contributed by atoms with E-state index in [0.717, 1.165) is 24.5 Å². The van der Waals surface area contributed by atoms with Crippen LogP contribution in [0.25, 0.3) is 0 Å². The van der Waals surface area contributed by atoms with Crippen LogP contribution >= 0.6 is 24.0 Å². The first-order valence-electron chi connectivity index (χ1n) is 9.93. The number of sulfone groups is 1. The molecular formula is C21H29FIN5O2S. The number of anilines is 1. The molecule has 1 aliphatic rings. The van der Waals surface area contributed by atoms with E-state index in [1.54, 1.807) is 7.05 Å². The van der Waals surface area contributed by atoms with E-state index in [-0.39, 0.29) is 36.3 Å². The van der Waals surface area contributed by atoms with Crippen molar-refractivity contribution in [2.45, 2.75) is 31.7 Å². The molecule has 0 amide bonds. The molecule has 10 heteroatoms. The smallest absolute Gasteiger partial charge is 0.191 e. The first-order valence-corrected chi connectivity index (χ1v) is 12.0. The van der Waals surface area contributed by atoms with Gasteiger partial charge < -0.3 is 15.5 Å².